The molecule has 0 unspecified atom stereocenters. The first-order valence-corrected chi connectivity index (χ1v) is 35.8. The van der Waals surface area contributed by atoms with E-state index in [1.54, 1.807) is 8.87 Å². The Kier molecular flexibility index (Phi) is 63.8. The molecule has 5 heteroatoms. The zero-order valence-corrected chi connectivity index (χ0v) is 51.8. The van der Waals surface area contributed by atoms with Crippen LogP contribution < -0.4 is 10.2 Å². The van der Waals surface area contributed by atoms with Crippen molar-refractivity contribution in [2.24, 2.45) is 10.8 Å². The molecule has 0 fully saturated rings. The SMILES string of the molecule is CCCCCCCCCCCCC(CC)(CCCCCCCCCCCC)C(=O)[O-].CCCCCCCCCCCCC(CC)(CCCCCCCCCCCC)C(=O)[O-].CCC[CH2][Sn+2][CH2]CCC. The summed E-state index contributed by atoms with van der Waals surface area (Å²) in [4.78, 5) is 23.8. The van der Waals surface area contributed by atoms with Crippen molar-refractivity contribution in [2.45, 2.75) is 385 Å². The van der Waals surface area contributed by atoms with Crippen LogP contribution in [0.3, 0.4) is 0 Å². The van der Waals surface area contributed by atoms with E-state index in [1.165, 1.54) is 257 Å². The van der Waals surface area contributed by atoms with E-state index < -0.39 is 22.8 Å². The molecule has 0 rings (SSSR count). The molecule has 0 aromatic carbocycles. The van der Waals surface area contributed by atoms with Crippen molar-refractivity contribution >= 4 is 33.1 Å². The number of carbonyl (C=O) groups excluding carboxylic acids is 2. The minimum absolute atomic E-state index is 0.149. The predicted octanol–water partition coefficient (Wildman–Crippen LogP) is 20.6. The van der Waals surface area contributed by atoms with Crippen molar-refractivity contribution in [1.82, 2.24) is 0 Å². The van der Waals surface area contributed by atoms with E-state index >= 15 is 0 Å². The summed E-state index contributed by atoms with van der Waals surface area (Å²) in [5.74, 6) is -1.59. The van der Waals surface area contributed by atoms with E-state index in [0.29, 0.717) is 0 Å². The van der Waals surface area contributed by atoms with Gasteiger partial charge in [-0.3, -0.25) is 0 Å². The Balaban J connectivity index is -0.00000107. The molecule has 4 nitrogen and oxygen atoms in total. The third-order valence-electron chi connectivity index (χ3n) is 15.7. The molecule has 0 aliphatic rings. The third kappa shape index (κ3) is 51.0. The standard InChI is InChI=1S/2C28H56O2.2C4H9.Sn/c2*1-4-7-9-11-13-15-17-19-21-23-25-28(6-3,27(29)30)26-24-22-20-18-16-14-12-10-8-5-2;2*1-3-4-2;/h2*4-26H2,1-3H3,(H,29,30);2*1,3-4H2,2H3;/q;;;;+2/p-2. The molecular weight excluding hydrogens is 951 g/mol. The second-order valence-electron chi connectivity index (χ2n) is 22.0. The maximum absolute atomic E-state index is 11.9. The van der Waals surface area contributed by atoms with Crippen LogP contribution in [0.1, 0.15) is 376 Å². The van der Waals surface area contributed by atoms with Crippen LogP contribution in [-0.2, 0) is 9.59 Å². The summed E-state index contributed by atoms with van der Waals surface area (Å²) in [5, 5.41) is 23.8. The molecule has 0 aromatic rings. The molecule has 0 spiro atoms. The van der Waals surface area contributed by atoms with Gasteiger partial charge in [0.15, 0.2) is 0 Å². The van der Waals surface area contributed by atoms with Crippen LogP contribution in [0.15, 0.2) is 0 Å². The fourth-order valence-electron chi connectivity index (χ4n) is 10.2. The first kappa shape index (κ1) is 73.0. The van der Waals surface area contributed by atoms with Crippen molar-refractivity contribution in [3.8, 4) is 0 Å². The van der Waals surface area contributed by atoms with Crippen LogP contribution in [-0.4, -0.2) is 33.1 Å². The van der Waals surface area contributed by atoms with E-state index in [-0.39, 0.29) is 21.1 Å². The van der Waals surface area contributed by atoms with Crippen molar-refractivity contribution in [2.75, 3.05) is 0 Å². The number of unbranched alkanes of at least 4 members (excludes halogenated alkanes) is 38. The number of rotatable bonds is 54. The number of carboxylic acid groups (broad SMARTS) is 2. The molecule has 0 atom stereocenters. The van der Waals surface area contributed by atoms with E-state index in [1.807, 2.05) is 13.8 Å². The molecule has 0 aliphatic carbocycles. The van der Waals surface area contributed by atoms with Gasteiger partial charge in [-0.1, -0.05) is 298 Å². The first-order chi connectivity index (χ1) is 33.7. The zero-order chi connectivity index (χ0) is 51.6. The van der Waals surface area contributed by atoms with Crippen LogP contribution in [0, 0.1) is 10.8 Å². The molecule has 0 N–H and O–H groups in total. The normalized spacial score (nSPS) is 11.5. The van der Waals surface area contributed by atoms with Crippen molar-refractivity contribution in [3.05, 3.63) is 0 Å². The topological polar surface area (TPSA) is 80.3 Å². The van der Waals surface area contributed by atoms with E-state index in [9.17, 15) is 19.8 Å². The van der Waals surface area contributed by atoms with Crippen LogP contribution in [0.25, 0.3) is 0 Å². The van der Waals surface area contributed by atoms with E-state index in [2.05, 4.69) is 41.5 Å². The number of carboxylic acids is 2. The van der Waals surface area contributed by atoms with Crippen molar-refractivity contribution in [3.63, 3.8) is 0 Å². The molecule has 0 heterocycles. The van der Waals surface area contributed by atoms with Crippen molar-refractivity contribution in [1.29, 1.82) is 0 Å². The monoisotopic (exact) mass is 1080 g/mol. The van der Waals surface area contributed by atoms with Gasteiger partial charge in [0.25, 0.3) is 0 Å². The average molecular weight is 1080 g/mol. The fraction of sp³-hybridized carbons (Fsp3) is 0.969. The molecule has 0 radical (unpaired) electrons. The maximum atomic E-state index is 11.9. The number of hydrogen-bond donors (Lipinski definition) is 0. The number of aliphatic carboxylic acids is 2. The molecule has 0 bridgehead atoms. The second-order valence-corrected chi connectivity index (χ2v) is 26.3. The quantitative estimate of drug-likeness (QED) is 0.0449. The van der Waals surface area contributed by atoms with Gasteiger partial charge in [0, 0.05) is 22.8 Å². The van der Waals surface area contributed by atoms with Crippen LogP contribution >= 0.6 is 0 Å². The zero-order valence-electron chi connectivity index (χ0n) is 48.9. The first-order valence-electron chi connectivity index (χ1n) is 31.8. The summed E-state index contributed by atoms with van der Waals surface area (Å²) in [5.41, 5.74) is -1.14. The van der Waals surface area contributed by atoms with Gasteiger partial charge in [0.1, 0.15) is 0 Å². The van der Waals surface area contributed by atoms with Gasteiger partial charge in [-0.05, 0) is 38.5 Å². The van der Waals surface area contributed by atoms with Crippen LogP contribution in [0.5, 0.6) is 0 Å². The summed E-state index contributed by atoms with van der Waals surface area (Å²) < 4.78 is 3.25. The molecule has 412 valence electrons. The van der Waals surface area contributed by atoms with E-state index in [0.717, 1.165) is 64.2 Å². The van der Waals surface area contributed by atoms with Gasteiger partial charge in [0.05, 0.1) is 0 Å². The molecule has 0 saturated heterocycles. The molecule has 0 amide bonds. The average Bonchev–Trinajstić information content (AvgIpc) is 3.35. The second kappa shape index (κ2) is 60.3. The Morgan fingerprint density at radius 3 is 0.565 bits per heavy atom. The number of carbonyl (C=O) groups is 2. The molecule has 0 saturated carbocycles. The number of hydrogen-bond acceptors (Lipinski definition) is 4. The van der Waals surface area contributed by atoms with Crippen molar-refractivity contribution < 1.29 is 19.8 Å². The summed E-state index contributed by atoms with van der Waals surface area (Å²) in [6.07, 6.45) is 62.6. The third-order valence-corrected chi connectivity index (χ3v) is 19.7. The molecule has 0 aromatic heterocycles. The molecule has 69 heavy (non-hydrogen) atoms. The van der Waals surface area contributed by atoms with E-state index in [4.69, 9.17) is 0 Å². The molecule has 0 aliphatic heterocycles. The summed E-state index contributed by atoms with van der Waals surface area (Å²) in [6.45, 7) is 17.7. The Morgan fingerprint density at radius 1 is 0.261 bits per heavy atom. The van der Waals surface area contributed by atoms with Gasteiger partial charge in [-0.15, -0.1) is 0 Å². The van der Waals surface area contributed by atoms with Crippen LogP contribution in [0.2, 0.25) is 8.87 Å². The summed E-state index contributed by atoms with van der Waals surface area (Å²) >= 11 is 0.149. The molecular formula is C64H128O4Sn. The summed E-state index contributed by atoms with van der Waals surface area (Å²) in [6, 6.07) is 0. The predicted molar refractivity (Wildman–Crippen MR) is 306 cm³/mol. The summed E-state index contributed by atoms with van der Waals surface area (Å²) in [7, 11) is 0. The van der Waals surface area contributed by atoms with Gasteiger partial charge in [-0.25, -0.2) is 0 Å². The Morgan fingerprint density at radius 2 is 0.420 bits per heavy atom. The minimum atomic E-state index is -0.795. The fourth-order valence-corrected chi connectivity index (χ4v) is 14.3. The van der Waals surface area contributed by atoms with Gasteiger partial charge in [-0.2, -0.15) is 0 Å². The van der Waals surface area contributed by atoms with Crippen LogP contribution in [0.4, 0.5) is 0 Å². The van der Waals surface area contributed by atoms with Gasteiger partial charge >= 0.3 is 69.5 Å². The Bertz CT molecular complexity index is 859. The Hall–Kier alpha value is -0.261. The van der Waals surface area contributed by atoms with Gasteiger partial charge < -0.3 is 19.8 Å². The van der Waals surface area contributed by atoms with Gasteiger partial charge in [0.2, 0.25) is 0 Å². The Labute approximate surface area is 446 Å².